The summed E-state index contributed by atoms with van der Waals surface area (Å²) in [7, 11) is 0. The van der Waals surface area contributed by atoms with E-state index in [2.05, 4.69) is 40.4 Å². The molecule has 6 nitrogen and oxygen atoms in total. The predicted molar refractivity (Wildman–Crippen MR) is 117 cm³/mol. The smallest absolute Gasteiger partial charge is 0.227 e. The molecule has 0 radical (unpaired) electrons. The van der Waals surface area contributed by atoms with E-state index in [0.717, 1.165) is 57.5 Å². The van der Waals surface area contributed by atoms with Gasteiger partial charge in [-0.1, -0.05) is 29.8 Å². The van der Waals surface area contributed by atoms with E-state index in [9.17, 15) is 9.90 Å². The molecule has 2 fully saturated rings. The number of amides is 1. The van der Waals surface area contributed by atoms with E-state index in [-0.39, 0.29) is 17.4 Å². The van der Waals surface area contributed by atoms with Crippen LogP contribution in [-0.2, 0) is 24.3 Å². The van der Waals surface area contributed by atoms with Gasteiger partial charge in [0.05, 0.1) is 24.5 Å². The molecule has 2 aromatic rings. The zero-order valence-corrected chi connectivity index (χ0v) is 18.3. The average molecular weight is 411 g/mol. The number of aryl methyl sites for hydroxylation is 2. The number of carbonyl (C=O) groups is 1. The van der Waals surface area contributed by atoms with Gasteiger partial charge in [0.15, 0.2) is 0 Å². The molecule has 6 heteroatoms. The Morgan fingerprint density at radius 3 is 2.80 bits per heavy atom. The predicted octanol–water partition coefficient (Wildman–Crippen LogP) is 2.63. The Labute approximate surface area is 179 Å². The van der Waals surface area contributed by atoms with Crippen LogP contribution < -0.4 is 0 Å². The fraction of sp³-hybridized carbons (Fsp3) is 0.583. The molecular weight excluding hydrogens is 376 g/mol. The quantitative estimate of drug-likeness (QED) is 0.823. The van der Waals surface area contributed by atoms with Crippen molar-refractivity contribution < 1.29 is 9.90 Å². The number of likely N-dealkylation sites (tertiary alicyclic amines) is 2. The van der Waals surface area contributed by atoms with E-state index in [4.69, 9.17) is 0 Å². The number of aromatic nitrogens is 2. The first kappa shape index (κ1) is 21.1. The number of aliphatic hydroxyl groups excluding tert-OH is 1. The first-order chi connectivity index (χ1) is 14.5. The van der Waals surface area contributed by atoms with Crippen molar-refractivity contribution in [1.29, 1.82) is 0 Å². The van der Waals surface area contributed by atoms with E-state index >= 15 is 0 Å². The Balaban J connectivity index is 1.43. The van der Waals surface area contributed by atoms with Crippen molar-refractivity contribution in [2.75, 3.05) is 26.2 Å². The van der Waals surface area contributed by atoms with Gasteiger partial charge in [0.25, 0.3) is 0 Å². The van der Waals surface area contributed by atoms with E-state index in [1.807, 2.05) is 29.6 Å². The molecule has 30 heavy (non-hydrogen) atoms. The van der Waals surface area contributed by atoms with Crippen LogP contribution in [0.5, 0.6) is 0 Å². The van der Waals surface area contributed by atoms with Gasteiger partial charge < -0.3 is 14.6 Å². The van der Waals surface area contributed by atoms with Gasteiger partial charge in [0, 0.05) is 50.9 Å². The maximum Gasteiger partial charge on any atom is 0.227 e. The molecule has 0 aliphatic carbocycles. The third-order valence-electron chi connectivity index (χ3n) is 6.93. The number of hydrogen-bond acceptors (Lipinski definition) is 4. The van der Waals surface area contributed by atoms with Crippen molar-refractivity contribution >= 4 is 5.91 Å². The average Bonchev–Trinajstić information content (AvgIpc) is 3.20. The molecule has 0 unspecified atom stereocenters. The van der Waals surface area contributed by atoms with E-state index in [1.54, 1.807) is 0 Å². The Hall–Kier alpha value is -2.18. The lowest BCUT2D eigenvalue weighted by molar-refractivity contribution is -0.141. The number of aliphatic hydroxyl groups is 1. The second-order valence-electron chi connectivity index (χ2n) is 9.13. The summed E-state index contributed by atoms with van der Waals surface area (Å²) in [6, 6.07) is 8.20. The highest BCUT2D eigenvalue weighted by atomic mass is 16.3. The second kappa shape index (κ2) is 8.90. The van der Waals surface area contributed by atoms with E-state index < -0.39 is 0 Å². The summed E-state index contributed by atoms with van der Waals surface area (Å²) in [6.45, 7) is 9.11. The molecule has 1 amide bonds. The summed E-state index contributed by atoms with van der Waals surface area (Å²) in [5.41, 5.74) is 3.25. The zero-order valence-electron chi connectivity index (χ0n) is 18.3. The van der Waals surface area contributed by atoms with Crippen LogP contribution in [0.4, 0.5) is 0 Å². The first-order valence-corrected chi connectivity index (χ1v) is 11.2. The Bertz CT molecular complexity index is 862. The van der Waals surface area contributed by atoms with E-state index in [1.165, 1.54) is 11.3 Å². The molecule has 1 aromatic carbocycles. The van der Waals surface area contributed by atoms with Gasteiger partial charge in [-0.05, 0) is 38.7 Å². The molecule has 0 saturated carbocycles. The SMILES string of the molecule is CCn1cncc1CN1CC[C@@H](O)[C@]2(CCCN(C(=O)Cc3ccc(C)cc3)C2)C1. The summed E-state index contributed by atoms with van der Waals surface area (Å²) in [5, 5.41) is 11.0. The number of nitrogens with zero attached hydrogens (tertiary/aromatic N) is 4. The highest BCUT2D eigenvalue weighted by molar-refractivity contribution is 5.79. The fourth-order valence-corrected chi connectivity index (χ4v) is 5.14. The summed E-state index contributed by atoms with van der Waals surface area (Å²) < 4.78 is 2.18. The number of hydrogen-bond donors (Lipinski definition) is 1. The van der Waals surface area contributed by atoms with Crippen LogP contribution in [0, 0.1) is 12.3 Å². The lowest BCUT2D eigenvalue weighted by atomic mass is 9.71. The van der Waals surface area contributed by atoms with Crippen LogP contribution in [0.2, 0.25) is 0 Å². The second-order valence-corrected chi connectivity index (χ2v) is 9.13. The number of benzene rings is 1. The molecule has 1 spiro atoms. The molecular formula is C24H34N4O2. The lowest BCUT2D eigenvalue weighted by Gasteiger charge is -2.51. The van der Waals surface area contributed by atoms with Gasteiger partial charge in [-0.2, -0.15) is 0 Å². The lowest BCUT2D eigenvalue weighted by Crippen LogP contribution is -2.59. The van der Waals surface area contributed by atoms with Crippen molar-refractivity contribution in [1.82, 2.24) is 19.4 Å². The maximum atomic E-state index is 13.0. The van der Waals surface area contributed by atoms with Crippen LogP contribution in [0.15, 0.2) is 36.8 Å². The summed E-state index contributed by atoms with van der Waals surface area (Å²) in [5.74, 6) is 0.173. The van der Waals surface area contributed by atoms with Gasteiger partial charge in [-0.15, -0.1) is 0 Å². The fourth-order valence-electron chi connectivity index (χ4n) is 5.14. The summed E-state index contributed by atoms with van der Waals surface area (Å²) in [6.07, 6.45) is 6.62. The molecule has 0 bridgehead atoms. The standard InChI is InChI=1S/C24H34N4O2/c1-3-27-18-25-14-21(27)15-26-12-9-22(29)24(16-26)10-4-11-28(17-24)23(30)13-20-7-5-19(2)6-8-20/h5-8,14,18,22,29H,3-4,9-13,15-17H2,1-2H3/t22-,24-/m1/s1. The van der Waals surface area contributed by atoms with Gasteiger partial charge in [0.2, 0.25) is 5.91 Å². The number of rotatable bonds is 5. The van der Waals surface area contributed by atoms with Crippen LogP contribution in [0.25, 0.3) is 0 Å². The van der Waals surface area contributed by atoms with Crippen molar-refractivity contribution in [3.05, 3.63) is 53.6 Å². The van der Waals surface area contributed by atoms with Gasteiger partial charge in [0.1, 0.15) is 0 Å². The normalized spacial score (nSPS) is 25.0. The third kappa shape index (κ3) is 4.44. The Morgan fingerprint density at radius 2 is 2.03 bits per heavy atom. The summed E-state index contributed by atoms with van der Waals surface area (Å²) >= 11 is 0. The van der Waals surface area contributed by atoms with Gasteiger partial charge in [-0.3, -0.25) is 9.69 Å². The highest BCUT2D eigenvalue weighted by Crippen LogP contribution is 2.39. The van der Waals surface area contributed by atoms with Crippen molar-refractivity contribution in [2.45, 2.75) is 58.7 Å². The minimum atomic E-state index is -0.347. The zero-order chi connectivity index (χ0) is 21.1. The molecule has 1 N–H and O–H groups in total. The van der Waals surface area contributed by atoms with Crippen molar-refractivity contribution in [2.24, 2.45) is 5.41 Å². The Morgan fingerprint density at radius 1 is 1.23 bits per heavy atom. The molecule has 3 heterocycles. The largest absolute Gasteiger partial charge is 0.392 e. The van der Waals surface area contributed by atoms with Crippen LogP contribution >= 0.6 is 0 Å². The van der Waals surface area contributed by atoms with Crippen LogP contribution in [0.1, 0.15) is 43.0 Å². The number of piperidine rings is 2. The minimum Gasteiger partial charge on any atom is -0.392 e. The molecule has 162 valence electrons. The number of carbonyl (C=O) groups excluding carboxylic acids is 1. The first-order valence-electron chi connectivity index (χ1n) is 11.2. The van der Waals surface area contributed by atoms with Gasteiger partial charge >= 0.3 is 0 Å². The topological polar surface area (TPSA) is 61.6 Å². The van der Waals surface area contributed by atoms with Gasteiger partial charge in [-0.25, -0.2) is 4.98 Å². The third-order valence-corrected chi connectivity index (χ3v) is 6.93. The van der Waals surface area contributed by atoms with E-state index in [0.29, 0.717) is 13.0 Å². The van der Waals surface area contributed by atoms with Crippen molar-refractivity contribution in [3.63, 3.8) is 0 Å². The molecule has 2 aliphatic heterocycles. The minimum absolute atomic E-state index is 0.173. The number of imidazole rings is 1. The van der Waals surface area contributed by atoms with Crippen LogP contribution in [0.3, 0.4) is 0 Å². The van der Waals surface area contributed by atoms with Crippen LogP contribution in [-0.4, -0.2) is 62.6 Å². The molecule has 4 rings (SSSR count). The molecule has 2 saturated heterocycles. The Kier molecular flexibility index (Phi) is 6.25. The van der Waals surface area contributed by atoms with Crippen molar-refractivity contribution in [3.8, 4) is 0 Å². The summed E-state index contributed by atoms with van der Waals surface area (Å²) in [4.78, 5) is 21.7. The molecule has 1 aromatic heterocycles. The maximum absolute atomic E-state index is 13.0. The molecule has 2 atom stereocenters. The monoisotopic (exact) mass is 410 g/mol. The highest BCUT2D eigenvalue weighted by Gasteiger charge is 2.46. The molecule has 2 aliphatic rings.